The highest BCUT2D eigenvalue weighted by Gasteiger charge is 2.23. The van der Waals surface area contributed by atoms with E-state index in [9.17, 15) is 13.2 Å². The molecule has 1 amide bonds. The second-order valence-corrected chi connectivity index (χ2v) is 7.48. The minimum atomic E-state index is -3.73. The van der Waals surface area contributed by atoms with Crippen LogP contribution in [-0.4, -0.2) is 37.2 Å². The average Bonchev–Trinajstić information content (AvgIpc) is 2.91. The van der Waals surface area contributed by atoms with Gasteiger partial charge in [0.05, 0.1) is 11.4 Å². The van der Waals surface area contributed by atoms with Gasteiger partial charge in [0.1, 0.15) is 0 Å². The summed E-state index contributed by atoms with van der Waals surface area (Å²) in [4.78, 5) is 15.8. The quantitative estimate of drug-likeness (QED) is 0.899. The van der Waals surface area contributed by atoms with Crippen LogP contribution in [0.4, 0.5) is 5.13 Å². The summed E-state index contributed by atoms with van der Waals surface area (Å²) >= 11 is 6.98. The maximum atomic E-state index is 12.3. The lowest BCUT2D eigenvalue weighted by Gasteiger charge is -2.16. The predicted octanol–water partition coefficient (Wildman–Crippen LogP) is 2.06. The zero-order valence-electron chi connectivity index (χ0n) is 11.0. The summed E-state index contributed by atoms with van der Waals surface area (Å²) in [7, 11) is -2.39. The van der Waals surface area contributed by atoms with Crippen molar-refractivity contribution in [2.24, 2.45) is 0 Å². The molecule has 6 nitrogen and oxygen atoms in total. The number of thiazole rings is 1. The number of hydrogen-bond donors (Lipinski definition) is 1. The number of rotatable bonds is 5. The Bertz CT molecular complexity index is 715. The number of benzene rings is 1. The first kappa shape index (κ1) is 15.9. The second kappa shape index (κ2) is 6.52. The Morgan fingerprint density at radius 2 is 2.05 bits per heavy atom. The minimum Gasteiger partial charge on any atom is -0.301 e. The molecule has 0 fully saturated rings. The van der Waals surface area contributed by atoms with Gasteiger partial charge in [-0.2, -0.15) is 4.31 Å². The molecular weight excluding hydrogens is 334 g/mol. The average molecular weight is 346 g/mol. The number of aromatic nitrogens is 1. The molecular formula is C12H12ClN3O3S2. The topological polar surface area (TPSA) is 79.4 Å². The second-order valence-electron chi connectivity index (χ2n) is 4.10. The maximum absolute atomic E-state index is 12.3. The van der Waals surface area contributed by atoms with Crippen molar-refractivity contribution in [3.05, 3.63) is 40.9 Å². The fraction of sp³-hybridized carbons (Fsp3) is 0.167. The summed E-state index contributed by atoms with van der Waals surface area (Å²) in [5.74, 6) is -0.454. The Hall–Kier alpha value is -1.48. The summed E-state index contributed by atoms with van der Waals surface area (Å²) in [6, 6.07) is 5.76. The van der Waals surface area contributed by atoms with E-state index in [1.54, 1.807) is 11.6 Å². The Morgan fingerprint density at radius 1 is 1.38 bits per heavy atom. The Morgan fingerprint density at radius 3 is 2.62 bits per heavy atom. The van der Waals surface area contributed by atoms with E-state index < -0.39 is 15.9 Å². The number of sulfonamides is 1. The number of nitrogens with one attached hydrogen (secondary N) is 1. The van der Waals surface area contributed by atoms with Gasteiger partial charge in [-0.3, -0.25) is 4.79 Å². The van der Waals surface area contributed by atoms with Crippen LogP contribution >= 0.6 is 22.9 Å². The number of hydrogen-bond acceptors (Lipinski definition) is 5. The molecule has 0 saturated heterocycles. The molecule has 0 saturated carbocycles. The number of likely N-dealkylation sites (N-methyl/N-ethyl adjacent to an activating group) is 1. The fourth-order valence-electron chi connectivity index (χ4n) is 1.52. The zero-order valence-corrected chi connectivity index (χ0v) is 13.4. The van der Waals surface area contributed by atoms with Gasteiger partial charge in [0.25, 0.3) is 0 Å². The lowest BCUT2D eigenvalue weighted by Crippen LogP contribution is -2.34. The molecule has 0 unspecified atom stereocenters. The molecule has 0 aliphatic rings. The molecule has 2 rings (SSSR count). The van der Waals surface area contributed by atoms with Crippen LogP contribution in [-0.2, 0) is 14.8 Å². The first-order valence-electron chi connectivity index (χ1n) is 5.81. The van der Waals surface area contributed by atoms with Crippen LogP contribution in [0.5, 0.6) is 0 Å². The number of amides is 1. The van der Waals surface area contributed by atoms with Crippen molar-refractivity contribution in [1.82, 2.24) is 9.29 Å². The molecule has 1 N–H and O–H groups in total. The van der Waals surface area contributed by atoms with E-state index >= 15 is 0 Å². The zero-order chi connectivity index (χ0) is 15.5. The standard InChI is InChI=1S/C12H12ClN3O3S2/c1-16(8-11(17)15-12-14-6-7-20-12)21(18,19)10-4-2-9(13)3-5-10/h2-7H,8H2,1H3,(H,14,15,17). The van der Waals surface area contributed by atoms with Crippen LogP contribution in [0.3, 0.4) is 0 Å². The SMILES string of the molecule is CN(CC(=O)Nc1nccs1)S(=O)(=O)c1ccc(Cl)cc1. The molecule has 1 heterocycles. The molecule has 0 spiro atoms. The van der Waals surface area contributed by atoms with Gasteiger partial charge in [-0.1, -0.05) is 11.6 Å². The van der Waals surface area contributed by atoms with E-state index in [-0.39, 0.29) is 11.4 Å². The van der Waals surface area contributed by atoms with Gasteiger partial charge in [0.15, 0.2) is 5.13 Å². The Kier molecular flexibility index (Phi) is 4.94. The van der Waals surface area contributed by atoms with Gasteiger partial charge in [-0.05, 0) is 24.3 Å². The third kappa shape index (κ3) is 4.01. The van der Waals surface area contributed by atoms with Crippen LogP contribution in [0, 0.1) is 0 Å². The van der Waals surface area contributed by atoms with Crippen LogP contribution < -0.4 is 5.32 Å². The number of anilines is 1. The summed E-state index contributed by atoms with van der Waals surface area (Å²) in [6.45, 7) is -0.301. The van der Waals surface area contributed by atoms with E-state index in [1.165, 1.54) is 42.6 Å². The van der Waals surface area contributed by atoms with E-state index in [0.29, 0.717) is 10.2 Å². The lowest BCUT2D eigenvalue weighted by molar-refractivity contribution is -0.116. The number of halogens is 1. The smallest absolute Gasteiger partial charge is 0.243 e. The normalized spacial score (nSPS) is 11.6. The van der Waals surface area contributed by atoms with E-state index in [1.807, 2.05) is 0 Å². The maximum Gasteiger partial charge on any atom is 0.243 e. The number of carbonyl (C=O) groups is 1. The van der Waals surface area contributed by atoms with Gasteiger partial charge in [0.2, 0.25) is 15.9 Å². The molecule has 9 heteroatoms. The highest BCUT2D eigenvalue weighted by atomic mass is 35.5. The van der Waals surface area contributed by atoms with Crippen molar-refractivity contribution < 1.29 is 13.2 Å². The molecule has 0 radical (unpaired) electrons. The third-order valence-electron chi connectivity index (χ3n) is 2.57. The first-order valence-corrected chi connectivity index (χ1v) is 8.50. The molecule has 112 valence electrons. The number of nitrogens with zero attached hydrogens (tertiary/aromatic N) is 2. The molecule has 1 aromatic carbocycles. The van der Waals surface area contributed by atoms with Crippen molar-refractivity contribution in [3.8, 4) is 0 Å². The summed E-state index contributed by atoms with van der Waals surface area (Å²) in [6.07, 6.45) is 1.55. The summed E-state index contributed by atoms with van der Waals surface area (Å²) in [5, 5.41) is 5.11. The van der Waals surface area contributed by atoms with Gasteiger partial charge >= 0.3 is 0 Å². The van der Waals surface area contributed by atoms with Crippen molar-refractivity contribution in [1.29, 1.82) is 0 Å². The molecule has 0 atom stereocenters. The molecule has 0 aliphatic heterocycles. The van der Waals surface area contributed by atoms with Gasteiger partial charge in [0, 0.05) is 23.6 Å². The van der Waals surface area contributed by atoms with Crippen molar-refractivity contribution >= 4 is 44.0 Å². The largest absolute Gasteiger partial charge is 0.301 e. The van der Waals surface area contributed by atoms with Crippen molar-refractivity contribution in [2.75, 3.05) is 18.9 Å². The first-order chi connectivity index (χ1) is 9.89. The van der Waals surface area contributed by atoms with E-state index in [0.717, 1.165) is 4.31 Å². The van der Waals surface area contributed by atoms with Gasteiger partial charge in [-0.15, -0.1) is 11.3 Å². The van der Waals surface area contributed by atoms with E-state index in [4.69, 9.17) is 11.6 Å². The predicted molar refractivity (Wildman–Crippen MR) is 82.0 cm³/mol. The molecule has 21 heavy (non-hydrogen) atoms. The molecule has 0 bridgehead atoms. The van der Waals surface area contributed by atoms with Gasteiger partial charge in [-0.25, -0.2) is 13.4 Å². The molecule has 1 aromatic heterocycles. The highest BCUT2D eigenvalue weighted by molar-refractivity contribution is 7.89. The number of carbonyl (C=O) groups excluding carboxylic acids is 1. The van der Waals surface area contributed by atoms with Crippen LogP contribution in [0.1, 0.15) is 0 Å². The Labute approximate surface area is 131 Å². The van der Waals surface area contributed by atoms with E-state index in [2.05, 4.69) is 10.3 Å². The molecule has 2 aromatic rings. The molecule has 0 aliphatic carbocycles. The fourth-order valence-corrected chi connectivity index (χ4v) is 3.32. The minimum absolute atomic E-state index is 0.0800. The van der Waals surface area contributed by atoms with Crippen molar-refractivity contribution in [2.45, 2.75) is 4.90 Å². The summed E-state index contributed by atoms with van der Waals surface area (Å²) < 4.78 is 25.5. The van der Waals surface area contributed by atoms with Gasteiger partial charge < -0.3 is 5.32 Å². The van der Waals surface area contributed by atoms with Crippen molar-refractivity contribution in [3.63, 3.8) is 0 Å². The van der Waals surface area contributed by atoms with Crippen LogP contribution in [0.2, 0.25) is 5.02 Å². The monoisotopic (exact) mass is 345 g/mol. The Balaban J connectivity index is 2.06. The lowest BCUT2D eigenvalue weighted by atomic mass is 10.4. The highest BCUT2D eigenvalue weighted by Crippen LogP contribution is 2.17. The van der Waals surface area contributed by atoms with Crippen LogP contribution in [0.15, 0.2) is 40.7 Å². The third-order valence-corrected chi connectivity index (χ3v) is 5.32. The van der Waals surface area contributed by atoms with Crippen LogP contribution in [0.25, 0.3) is 0 Å². The summed E-state index contributed by atoms with van der Waals surface area (Å²) in [5.41, 5.74) is 0.